The minimum absolute atomic E-state index is 0.00810. The highest BCUT2D eigenvalue weighted by atomic mass is 35.5. The second-order valence-electron chi connectivity index (χ2n) is 5.33. The summed E-state index contributed by atoms with van der Waals surface area (Å²) in [6.45, 7) is 5.82. The topological polar surface area (TPSA) is 60.7 Å². The van der Waals surface area contributed by atoms with Gasteiger partial charge in [-0.05, 0) is 31.3 Å². The van der Waals surface area contributed by atoms with E-state index in [1.165, 1.54) is 6.42 Å². The summed E-state index contributed by atoms with van der Waals surface area (Å²) >= 11 is 16.3. The van der Waals surface area contributed by atoms with E-state index in [-0.39, 0.29) is 17.6 Å². The van der Waals surface area contributed by atoms with Crippen LogP contribution in [0.5, 0.6) is 0 Å². The quantitative estimate of drug-likeness (QED) is 0.485. The molecule has 3 nitrogen and oxygen atoms in total. The maximum Gasteiger partial charge on any atom is 0.0892 e. The summed E-state index contributed by atoms with van der Waals surface area (Å²) in [5, 5.41) is 26.5. The molecular weight excluding hydrogens is 347 g/mol. The van der Waals surface area contributed by atoms with Gasteiger partial charge in [0.2, 0.25) is 0 Å². The summed E-state index contributed by atoms with van der Waals surface area (Å²) in [5.74, 6) is 1.53. The Kier molecular flexibility index (Phi) is 18.1. The van der Waals surface area contributed by atoms with Crippen molar-refractivity contribution in [3.63, 3.8) is 0 Å². The minimum atomic E-state index is -0.299. The zero-order valence-corrected chi connectivity index (χ0v) is 16.1. The van der Waals surface area contributed by atoms with Gasteiger partial charge in [0.05, 0.1) is 23.3 Å². The van der Waals surface area contributed by atoms with E-state index in [0.717, 1.165) is 19.3 Å². The van der Waals surface area contributed by atoms with E-state index in [0.29, 0.717) is 29.9 Å². The lowest BCUT2D eigenvalue weighted by Crippen LogP contribution is -2.32. The minimum Gasteiger partial charge on any atom is -0.513 e. The molecule has 4 unspecified atom stereocenters. The maximum atomic E-state index is 9.31. The summed E-state index contributed by atoms with van der Waals surface area (Å²) in [7, 11) is 0. The molecule has 0 aromatic heterocycles. The largest absolute Gasteiger partial charge is 0.513 e. The van der Waals surface area contributed by atoms with Crippen molar-refractivity contribution in [3.8, 4) is 0 Å². The van der Waals surface area contributed by atoms with Crippen LogP contribution in [0.4, 0.5) is 0 Å². The fourth-order valence-corrected chi connectivity index (χ4v) is 2.47. The van der Waals surface area contributed by atoms with E-state index < -0.39 is 0 Å². The van der Waals surface area contributed by atoms with Gasteiger partial charge in [0, 0.05) is 18.2 Å². The van der Waals surface area contributed by atoms with Crippen LogP contribution in [-0.2, 0) is 0 Å². The smallest absolute Gasteiger partial charge is 0.0892 e. The van der Waals surface area contributed by atoms with Crippen LogP contribution in [0.15, 0.2) is 11.8 Å². The summed E-state index contributed by atoms with van der Waals surface area (Å²) in [5.41, 5.74) is 0. The number of aliphatic hydroxyl groups excluding tert-OH is 3. The average Bonchev–Trinajstić information content (AvgIpc) is 2.53. The summed E-state index contributed by atoms with van der Waals surface area (Å²) in [6.07, 6.45) is 5.73. The van der Waals surface area contributed by atoms with Crippen molar-refractivity contribution in [1.82, 2.24) is 0 Å². The molecule has 1 aliphatic rings. The Balaban J connectivity index is 0. The molecule has 0 aromatic rings. The van der Waals surface area contributed by atoms with Crippen molar-refractivity contribution in [2.75, 3.05) is 11.8 Å². The first-order valence-electron chi connectivity index (χ1n) is 7.83. The predicted molar refractivity (Wildman–Crippen MR) is 97.4 cm³/mol. The fourth-order valence-electron chi connectivity index (χ4n) is 1.68. The third-order valence-electron chi connectivity index (χ3n) is 3.42. The summed E-state index contributed by atoms with van der Waals surface area (Å²) in [4.78, 5) is 0. The lowest BCUT2D eigenvalue weighted by atomic mass is 9.88. The molecule has 1 saturated carbocycles. The molecule has 1 rings (SSSR count). The van der Waals surface area contributed by atoms with Gasteiger partial charge in [-0.2, -0.15) is 0 Å². The van der Waals surface area contributed by atoms with Gasteiger partial charge >= 0.3 is 0 Å². The van der Waals surface area contributed by atoms with E-state index in [2.05, 4.69) is 6.92 Å². The van der Waals surface area contributed by atoms with Crippen LogP contribution >= 0.6 is 34.8 Å². The predicted octanol–water partition coefficient (Wildman–Crippen LogP) is 4.85. The molecular formula is C16H31Cl3O3. The molecule has 0 aliphatic heterocycles. The third-order valence-corrected chi connectivity index (χ3v) is 4.40. The SMILES string of the molecule is CC/C(O)=C/CCl.CC1CCCC(Cl)C1O.CCC(O)CCl. The van der Waals surface area contributed by atoms with E-state index >= 15 is 0 Å². The Morgan fingerprint density at radius 3 is 2.09 bits per heavy atom. The molecule has 0 aromatic carbocycles. The highest BCUT2D eigenvalue weighted by Gasteiger charge is 2.26. The van der Waals surface area contributed by atoms with Crippen molar-refractivity contribution in [3.05, 3.63) is 11.8 Å². The van der Waals surface area contributed by atoms with Gasteiger partial charge in [0.15, 0.2) is 0 Å². The van der Waals surface area contributed by atoms with Crippen molar-refractivity contribution >= 4 is 34.8 Å². The number of halogens is 3. The van der Waals surface area contributed by atoms with Gasteiger partial charge in [-0.25, -0.2) is 0 Å². The van der Waals surface area contributed by atoms with E-state index in [1.807, 2.05) is 13.8 Å². The van der Waals surface area contributed by atoms with Crippen LogP contribution in [0.3, 0.4) is 0 Å². The average molecular weight is 378 g/mol. The molecule has 0 amide bonds. The molecule has 1 aliphatic carbocycles. The normalized spacial score (nSPS) is 26.2. The van der Waals surface area contributed by atoms with Gasteiger partial charge in [-0.1, -0.05) is 27.2 Å². The monoisotopic (exact) mass is 376 g/mol. The van der Waals surface area contributed by atoms with Crippen LogP contribution in [0.2, 0.25) is 0 Å². The van der Waals surface area contributed by atoms with Gasteiger partial charge in [-0.15, -0.1) is 34.8 Å². The number of rotatable bonds is 4. The zero-order chi connectivity index (χ0) is 17.5. The first kappa shape index (κ1) is 24.6. The maximum absolute atomic E-state index is 9.31. The highest BCUT2D eigenvalue weighted by molar-refractivity contribution is 6.21. The second-order valence-corrected chi connectivity index (χ2v) is 6.51. The number of alkyl halides is 3. The van der Waals surface area contributed by atoms with Gasteiger partial charge in [0.1, 0.15) is 0 Å². The summed E-state index contributed by atoms with van der Waals surface area (Å²) < 4.78 is 0. The van der Waals surface area contributed by atoms with Crippen LogP contribution < -0.4 is 0 Å². The summed E-state index contributed by atoms with van der Waals surface area (Å²) in [6, 6.07) is 0. The Bertz CT molecular complexity index is 261. The molecule has 1 fully saturated rings. The Hall–Kier alpha value is 0.330. The number of aliphatic hydroxyl groups is 3. The molecule has 0 spiro atoms. The lowest BCUT2D eigenvalue weighted by Gasteiger charge is -2.28. The van der Waals surface area contributed by atoms with Crippen LogP contribution in [0.25, 0.3) is 0 Å². The third kappa shape index (κ3) is 14.0. The van der Waals surface area contributed by atoms with Crippen molar-refractivity contribution in [2.24, 2.45) is 5.92 Å². The molecule has 0 heterocycles. The molecule has 0 bridgehead atoms. The van der Waals surface area contributed by atoms with Crippen LogP contribution in [0.1, 0.15) is 52.9 Å². The molecule has 0 radical (unpaired) electrons. The van der Waals surface area contributed by atoms with Crippen molar-refractivity contribution in [1.29, 1.82) is 0 Å². The van der Waals surface area contributed by atoms with Crippen LogP contribution in [0, 0.1) is 5.92 Å². The van der Waals surface area contributed by atoms with Crippen molar-refractivity contribution < 1.29 is 15.3 Å². The fraction of sp³-hybridized carbons (Fsp3) is 0.875. The van der Waals surface area contributed by atoms with E-state index in [1.54, 1.807) is 6.08 Å². The first-order chi connectivity index (χ1) is 10.3. The first-order valence-corrected chi connectivity index (χ1v) is 9.34. The Morgan fingerprint density at radius 2 is 1.86 bits per heavy atom. The highest BCUT2D eigenvalue weighted by Crippen LogP contribution is 2.27. The molecule has 22 heavy (non-hydrogen) atoms. The lowest BCUT2D eigenvalue weighted by molar-refractivity contribution is 0.0833. The number of allylic oxidation sites excluding steroid dienone is 2. The van der Waals surface area contributed by atoms with Gasteiger partial charge in [-0.3, -0.25) is 0 Å². The second kappa shape index (κ2) is 16.2. The number of hydrogen-bond acceptors (Lipinski definition) is 3. The van der Waals surface area contributed by atoms with E-state index in [4.69, 9.17) is 45.0 Å². The molecule has 134 valence electrons. The van der Waals surface area contributed by atoms with Gasteiger partial charge < -0.3 is 15.3 Å². The molecule has 6 heteroatoms. The molecule has 0 saturated heterocycles. The van der Waals surface area contributed by atoms with Crippen molar-refractivity contribution in [2.45, 2.75) is 70.5 Å². The van der Waals surface area contributed by atoms with Gasteiger partial charge in [0.25, 0.3) is 0 Å². The zero-order valence-electron chi connectivity index (χ0n) is 13.8. The molecule has 3 N–H and O–H groups in total. The van der Waals surface area contributed by atoms with E-state index in [9.17, 15) is 5.11 Å². The Morgan fingerprint density at radius 1 is 1.27 bits per heavy atom. The standard InChI is InChI=1S/C7H13ClO.C5H9ClO.C4H9ClO/c1-5-3-2-4-6(8)7(5)9;1-2-5(7)3-4-6;1-2-4(6)3-5/h5-7,9H,2-4H2,1H3;3,7H,2,4H2,1H3;4,6H,2-3H2,1H3/b;5-3-;. The van der Waals surface area contributed by atoms with Crippen LogP contribution in [-0.4, -0.2) is 44.7 Å². The Labute approximate surface area is 150 Å². The number of hydrogen-bond donors (Lipinski definition) is 3. The molecule has 4 atom stereocenters.